The second-order valence-corrected chi connectivity index (χ2v) is 5.63. The van der Waals surface area contributed by atoms with Gasteiger partial charge in [0.05, 0.1) is 6.61 Å². The number of hydrogen-bond donors (Lipinski definition) is 1. The molecule has 4 nitrogen and oxygen atoms in total. The molecule has 0 aromatic heterocycles. The zero-order valence-electron chi connectivity index (χ0n) is 9.69. The molecule has 1 saturated heterocycles. The molecule has 0 saturated carbocycles. The fourth-order valence-electron chi connectivity index (χ4n) is 1.21. The van der Waals surface area contributed by atoms with Crippen molar-refractivity contribution in [3.8, 4) is 0 Å². The Morgan fingerprint density at radius 1 is 1.50 bits per heavy atom. The summed E-state index contributed by atoms with van der Waals surface area (Å²) in [5, 5.41) is 3.07. The summed E-state index contributed by atoms with van der Waals surface area (Å²) in [5.74, 6) is 2.46. The van der Waals surface area contributed by atoms with E-state index in [4.69, 9.17) is 17.0 Å². The van der Waals surface area contributed by atoms with Crippen molar-refractivity contribution in [3.63, 3.8) is 0 Å². The minimum Gasteiger partial charge on any atom is -0.449 e. The van der Waals surface area contributed by atoms with Gasteiger partial charge in [-0.1, -0.05) is 13.8 Å². The number of thiocarbonyl (C=S) groups is 1. The molecule has 0 aromatic rings. The predicted octanol–water partition coefficient (Wildman–Crippen LogP) is 1.70. The maximum absolute atomic E-state index is 11.3. The Kier molecular flexibility index (Phi) is 5.90. The highest BCUT2D eigenvalue weighted by Gasteiger charge is 2.16. The first-order valence-electron chi connectivity index (χ1n) is 5.40. The Labute approximate surface area is 106 Å². The van der Waals surface area contributed by atoms with E-state index in [1.54, 1.807) is 0 Å². The second-order valence-electron chi connectivity index (χ2n) is 4.02. The Morgan fingerprint density at radius 3 is 2.69 bits per heavy atom. The number of carbonyl (C=O) groups excluding carboxylic acids is 1. The molecule has 1 amide bonds. The molecule has 0 radical (unpaired) electrons. The number of ether oxygens (including phenoxy) is 1. The van der Waals surface area contributed by atoms with Gasteiger partial charge in [-0.3, -0.25) is 5.32 Å². The van der Waals surface area contributed by atoms with E-state index in [9.17, 15) is 4.79 Å². The van der Waals surface area contributed by atoms with E-state index in [0.29, 0.717) is 17.6 Å². The summed E-state index contributed by atoms with van der Waals surface area (Å²) >= 11 is 7.04. The third-order valence-electron chi connectivity index (χ3n) is 2.06. The molecule has 0 aromatic carbocycles. The molecule has 0 spiro atoms. The van der Waals surface area contributed by atoms with Crippen LogP contribution < -0.4 is 5.32 Å². The Hall–Kier alpha value is -0.490. The SMILES string of the molecule is CC(C)COC(=O)NC(=S)N1CCSCC1. The van der Waals surface area contributed by atoms with Crippen LogP contribution in [0.4, 0.5) is 4.79 Å². The molecular formula is C10H18N2O2S2. The number of nitrogens with zero attached hydrogens (tertiary/aromatic N) is 1. The third-order valence-corrected chi connectivity index (χ3v) is 3.36. The van der Waals surface area contributed by atoms with Crippen molar-refractivity contribution in [1.82, 2.24) is 10.2 Å². The van der Waals surface area contributed by atoms with E-state index in [1.165, 1.54) is 0 Å². The molecule has 1 aliphatic heterocycles. The fraction of sp³-hybridized carbons (Fsp3) is 0.800. The van der Waals surface area contributed by atoms with E-state index in [1.807, 2.05) is 30.5 Å². The van der Waals surface area contributed by atoms with Gasteiger partial charge in [-0.15, -0.1) is 0 Å². The standard InChI is InChI=1S/C10H18N2O2S2/c1-8(2)7-14-10(13)11-9(15)12-3-5-16-6-4-12/h8H,3-7H2,1-2H3,(H,11,13,15). The highest BCUT2D eigenvalue weighted by atomic mass is 32.2. The van der Waals surface area contributed by atoms with Crippen LogP contribution in [0.15, 0.2) is 0 Å². The van der Waals surface area contributed by atoms with Crippen LogP contribution >= 0.6 is 24.0 Å². The molecule has 1 rings (SSSR count). The number of rotatable bonds is 2. The number of amides is 1. The number of nitrogens with one attached hydrogen (secondary N) is 1. The average Bonchev–Trinajstić information content (AvgIpc) is 2.27. The van der Waals surface area contributed by atoms with Gasteiger partial charge in [-0.25, -0.2) is 4.79 Å². The largest absolute Gasteiger partial charge is 0.449 e. The highest BCUT2D eigenvalue weighted by Crippen LogP contribution is 2.09. The van der Waals surface area contributed by atoms with Crippen molar-refractivity contribution in [2.24, 2.45) is 5.92 Å². The van der Waals surface area contributed by atoms with Crippen LogP contribution in [0.25, 0.3) is 0 Å². The summed E-state index contributed by atoms with van der Waals surface area (Å²) in [6, 6.07) is 0. The second kappa shape index (κ2) is 6.96. The number of thioether (sulfide) groups is 1. The summed E-state index contributed by atoms with van der Waals surface area (Å²) in [6.45, 7) is 6.20. The first-order chi connectivity index (χ1) is 7.59. The third kappa shape index (κ3) is 5.03. The van der Waals surface area contributed by atoms with E-state index in [-0.39, 0.29) is 0 Å². The zero-order chi connectivity index (χ0) is 12.0. The van der Waals surface area contributed by atoms with Crippen LogP contribution in [0.1, 0.15) is 13.8 Å². The molecular weight excluding hydrogens is 244 g/mol. The lowest BCUT2D eigenvalue weighted by Gasteiger charge is -2.28. The van der Waals surface area contributed by atoms with E-state index < -0.39 is 6.09 Å². The Bertz CT molecular complexity index is 253. The average molecular weight is 262 g/mol. The van der Waals surface area contributed by atoms with E-state index in [0.717, 1.165) is 24.6 Å². The minimum absolute atomic E-state index is 0.339. The molecule has 0 aliphatic carbocycles. The fourth-order valence-corrected chi connectivity index (χ4v) is 2.38. The van der Waals surface area contributed by atoms with Gasteiger partial charge in [0.2, 0.25) is 0 Å². The first kappa shape index (κ1) is 13.6. The molecule has 16 heavy (non-hydrogen) atoms. The van der Waals surface area contributed by atoms with Crippen molar-refractivity contribution in [3.05, 3.63) is 0 Å². The zero-order valence-corrected chi connectivity index (χ0v) is 11.3. The van der Waals surface area contributed by atoms with Gasteiger partial charge in [0.1, 0.15) is 0 Å². The highest BCUT2D eigenvalue weighted by molar-refractivity contribution is 7.99. The lowest BCUT2D eigenvalue weighted by molar-refractivity contribution is 0.137. The minimum atomic E-state index is -0.447. The molecule has 0 bridgehead atoms. The Balaban J connectivity index is 2.24. The van der Waals surface area contributed by atoms with Gasteiger partial charge in [0.15, 0.2) is 5.11 Å². The first-order valence-corrected chi connectivity index (χ1v) is 6.96. The van der Waals surface area contributed by atoms with Crippen molar-refractivity contribution in [1.29, 1.82) is 0 Å². The summed E-state index contributed by atoms with van der Waals surface area (Å²) in [4.78, 5) is 13.4. The smallest absolute Gasteiger partial charge is 0.413 e. The van der Waals surface area contributed by atoms with Gasteiger partial charge in [0, 0.05) is 24.6 Å². The van der Waals surface area contributed by atoms with Crippen LogP contribution in [0, 0.1) is 5.92 Å². The van der Waals surface area contributed by atoms with Crippen molar-refractivity contribution in [2.75, 3.05) is 31.2 Å². The summed E-state index contributed by atoms with van der Waals surface area (Å²) < 4.78 is 5.00. The normalized spacial score (nSPS) is 16.1. The summed E-state index contributed by atoms with van der Waals surface area (Å²) in [7, 11) is 0. The van der Waals surface area contributed by atoms with Crippen molar-refractivity contribution < 1.29 is 9.53 Å². The lowest BCUT2D eigenvalue weighted by atomic mass is 10.2. The maximum Gasteiger partial charge on any atom is 0.413 e. The number of carbonyl (C=O) groups is 1. The molecule has 0 unspecified atom stereocenters. The number of hydrogen-bond acceptors (Lipinski definition) is 4. The van der Waals surface area contributed by atoms with Crippen molar-refractivity contribution in [2.45, 2.75) is 13.8 Å². The molecule has 1 N–H and O–H groups in total. The van der Waals surface area contributed by atoms with Gasteiger partial charge in [0.25, 0.3) is 0 Å². The van der Waals surface area contributed by atoms with Crippen LogP contribution in [-0.4, -0.2) is 47.3 Å². The molecule has 0 atom stereocenters. The Morgan fingerprint density at radius 2 is 2.12 bits per heavy atom. The van der Waals surface area contributed by atoms with Gasteiger partial charge >= 0.3 is 6.09 Å². The van der Waals surface area contributed by atoms with Crippen LogP contribution in [0.5, 0.6) is 0 Å². The number of alkyl carbamates (subject to hydrolysis) is 1. The molecule has 1 heterocycles. The molecule has 6 heteroatoms. The topological polar surface area (TPSA) is 41.6 Å². The molecule has 92 valence electrons. The van der Waals surface area contributed by atoms with Crippen LogP contribution in [-0.2, 0) is 4.74 Å². The van der Waals surface area contributed by atoms with Gasteiger partial charge in [-0.2, -0.15) is 11.8 Å². The summed E-state index contributed by atoms with van der Waals surface area (Å²) in [6.07, 6.45) is -0.447. The van der Waals surface area contributed by atoms with Crippen LogP contribution in [0.2, 0.25) is 0 Å². The predicted molar refractivity (Wildman–Crippen MR) is 70.8 cm³/mol. The van der Waals surface area contributed by atoms with E-state index in [2.05, 4.69) is 5.32 Å². The maximum atomic E-state index is 11.3. The van der Waals surface area contributed by atoms with Gasteiger partial charge in [-0.05, 0) is 18.1 Å². The lowest BCUT2D eigenvalue weighted by Crippen LogP contribution is -2.46. The summed E-state index contributed by atoms with van der Waals surface area (Å²) in [5.41, 5.74) is 0. The quantitative estimate of drug-likeness (QED) is 0.767. The monoisotopic (exact) mass is 262 g/mol. The van der Waals surface area contributed by atoms with Gasteiger partial charge < -0.3 is 9.64 Å². The molecule has 1 aliphatic rings. The molecule has 1 fully saturated rings. The van der Waals surface area contributed by atoms with E-state index >= 15 is 0 Å². The van der Waals surface area contributed by atoms with Crippen LogP contribution in [0.3, 0.4) is 0 Å². The van der Waals surface area contributed by atoms with Crippen molar-refractivity contribution >= 4 is 35.2 Å².